The lowest BCUT2D eigenvalue weighted by molar-refractivity contribution is -0.121. The van der Waals surface area contributed by atoms with E-state index in [1.165, 1.54) is 5.56 Å². The predicted octanol–water partition coefficient (Wildman–Crippen LogP) is 1.74. The van der Waals surface area contributed by atoms with E-state index in [0.717, 1.165) is 12.0 Å². The summed E-state index contributed by atoms with van der Waals surface area (Å²) in [6.07, 6.45) is 1.24. The molecule has 3 N–H and O–H groups in total. The molecule has 0 spiro atoms. The third-order valence-electron chi connectivity index (χ3n) is 2.56. The van der Waals surface area contributed by atoms with Gasteiger partial charge in [-0.25, -0.2) is 0 Å². The molecule has 0 aliphatic heterocycles. The second-order valence-corrected chi connectivity index (χ2v) is 4.22. The first-order valence-electron chi connectivity index (χ1n) is 5.66. The molecule has 0 aromatic heterocycles. The van der Waals surface area contributed by atoms with Gasteiger partial charge in [0.25, 0.3) is 0 Å². The smallest absolute Gasteiger partial charge is 0.220 e. The van der Waals surface area contributed by atoms with Gasteiger partial charge in [-0.1, -0.05) is 24.3 Å². The van der Waals surface area contributed by atoms with E-state index in [1.807, 2.05) is 38.1 Å². The number of rotatable bonds is 5. The molecule has 0 heterocycles. The minimum absolute atomic E-state index is 0.0700. The maximum Gasteiger partial charge on any atom is 0.220 e. The van der Waals surface area contributed by atoms with Crippen molar-refractivity contribution in [1.82, 2.24) is 5.32 Å². The average Bonchev–Trinajstić information content (AvgIpc) is 2.25. The Kier molecular flexibility index (Phi) is 4.99. The van der Waals surface area contributed by atoms with Crippen molar-refractivity contribution in [2.75, 3.05) is 0 Å². The monoisotopic (exact) mass is 220 g/mol. The Labute approximate surface area is 97.0 Å². The standard InChI is InChI=1S/C13H20N2O/c1-10-5-3-4-6-12(10)9-15-13(16)8-7-11(2)14/h3-6,11H,7-9,14H2,1-2H3,(H,15,16). The Morgan fingerprint density at radius 1 is 1.44 bits per heavy atom. The summed E-state index contributed by atoms with van der Waals surface area (Å²) in [5, 5.41) is 2.90. The fraction of sp³-hybridized carbons (Fsp3) is 0.462. The van der Waals surface area contributed by atoms with Gasteiger partial charge in [0.1, 0.15) is 0 Å². The van der Waals surface area contributed by atoms with Crippen LogP contribution in [0.1, 0.15) is 30.9 Å². The van der Waals surface area contributed by atoms with E-state index in [0.29, 0.717) is 13.0 Å². The number of aryl methyl sites for hydroxylation is 1. The van der Waals surface area contributed by atoms with E-state index in [-0.39, 0.29) is 11.9 Å². The maximum absolute atomic E-state index is 11.5. The molecular weight excluding hydrogens is 200 g/mol. The van der Waals surface area contributed by atoms with Crippen molar-refractivity contribution < 1.29 is 4.79 Å². The minimum Gasteiger partial charge on any atom is -0.352 e. The van der Waals surface area contributed by atoms with E-state index in [2.05, 4.69) is 5.32 Å². The number of carbonyl (C=O) groups excluding carboxylic acids is 1. The fourth-order valence-electron chi connectivity index (χ4n) is 1.45. The van der Waals surface area contributed by atoms with Gasteiger partial charge < -0.3 is 11.1 Å². The molecule has 0 saturated carbocycles. The summed E-state index contributed by atoms with van der Waals surface area (Å²) in [6.45, 7) is 4.56. The summed E-state index contributed by atoms with van der Waals surface area (Å²) < 4.78 is 0. The Balaban J connectivity index is 2.35. The normalized spacial score (nSPS) is 12.2. The lowest BCUT2D eigenvalue weighted by Gasteiger charge is -2.08. The Morgan fingerprint density at radius 3 is 2.75 bits per heavy atom. The fourth-order valence-corrected chi connectivity index (χ4v) is 1.45. The van der Waals surface area contributed by atoms with Crippen LogP contribution in [-0.2, 0) is 11.3 Å². The summed E-state index contributed by atoms with van der Waals surface area (Å²) in [5.41, 5.74) is 7.96. The molecule has 0 aliphatic carbocycles. The maximum atomic E-state index is 11.5. The SMILES string of the molecule is Cc1ccccc1CNC(=O)CCC(C)N. The van der Waals surface area contributed by atoms with Crippen LogP contribution >= 0.6 is 0 Å². The van der Waals surface area contributed by atoms with Gasteiger partial charge >= 0.3 is 0 Å². The molecule has 16 heavy (non-hydrogen) atoms. The lowest BCUT2D eigenvalue weighted by atomic mass is 10.1. The van der Waals surface area contributed by atoms with Crippen molar-refractivity contribution in [3.05, 3.63) is 35.4 Å². The highest BCUT2D eigenvalue weighted by atomic mass is 16.1. The number of hydrogen-bond donors (Lipinski definition) is 2. The molecule has 1 aromatic carbocycles. The highest BCUT2D eigenvalue weighted by Gasteiger charge is 2.04. The number of amides is 1. The van der Waals surface area contributed by atoms with Crippen molar-refractivity contribution in [3.8, 4) is 0 Å². The number of benzene rings is 1. The molecule has 1 unspecified atom stereocenters. The topological polar surface area (TPSA) is 55.1 Å². The van der Waals surface area contributed by atoms with Crippen LogP contribution in [0.2, 0.25) is 0 Å². The van der Waals surface area contributed by atoms with E-state index < -0.39 is 0 Å². The van der Waals surface area contributed by atoms with Gasteiger partial charge in [0.15, 0.2) is 0 Å². The van der Waals surface area contributed by atoms with Gasteiger partial charge in [0, 0.05) is 19.0 Å². The van der Waals surface area contributed by atoms with Gasteiger partial charge in [0.05, 0.1) is 0 Å². The minimum atomic E-state index is 0.0700. The van der Waals surface area contributed by atoms with Gasteiger partial charge in [-0.2, -0.15) is 0 Å². The van der Waals surface area contributed by atoms with Crippen molar-refractivity contribution in [2.45, 2.75) is 39.3 Å². The van der Waals surface area contributed by atoms with Gasteiger partial charge in [-0.05, 0) is 31.4 Å². The van der Waals surface area contributed by atoms with E-state index in [1.54, 1.807) is 0 Å². The number of carbonyl (C=O) groups is 1. The van der Waals surface area contributed by atoms with E-state index in [4.69, 9.17) is 5.73 Å². The van der Waals surface area contributed by atoms with Gasteiger partial charge in [0.2, 0.25) is 5.91 Å². The Morgan fingerprint density at radius 2 is 2.12 bits per heavy atom. The van der Waals surface area contributed by atoms with E-state index >= 15 is 0 Å². The molecule has 88 valence electrons. The first-order chi connectivity index (χ1) is 7.59. The predicted molar refractivity (Wildman–Crippen MR) is 65.9 cm³/mol. The van der Waals surface area contributed by atoms with Crippen molar-refractivity contribution in [1.29, 1.82) is 0 Å². The van der Waals surface area contributed by atoms with Crippen LogP contribution in [0.3, 0.4) is 0 Å². The third kappa shape index (κ3) is 4.45. The Hall–Kier alpha value is -1.35. The van der Waals surface area contributed by atoms with Crippen LogP contribution in [0.4, 0.5) is 0 Å². The highest BCUT2D eigenvalue weighted by Crippen LogP contribution is 2.06. The first kappa shape index (κ1) is 12.7. The quantitative estimate of drug-likeness (QED) is 0.794. The molecule has 1 amide bonds. The number of hydrogen-bond acceptors (Lipinski definition) is 2. The summed E-state index contributed by atoms with van der Waals surface area (Å²) in [4.78, 5) is 11.5. The van der Waals surface area contributed by atoms with Gasteiger partial charge in [-0.15, -0.1) is 0 Å². The molecule has 0 fully saturated rings. The van der Waals surface area contributed by atoms with Crippen LogP contribution in [0.5, 0.6) is 0 Å². The molecule has 1 aromatic rings. The van der Waals surface area contributed by atoms with E-state index in [9.17, 15) is 4.79 Å². The van der Waals surface area contributed by atoms with Crippen molar-refractivity contribution in [3.63, 3.8) is 0 Å². The largest absolute Gasteiger partial charge is 0.352 e. The van der Waals surface area contributed by atoms with Crippen LogP contribution < -0.4 is 11.1 Å². The Bertz CT molecular complexity index is 348. The lowest BCUT2D eigenvalue weighted by Crippen LogP contribution is -2.25. The highest BCUT2D eigenvalue weighted by molar-refractivity contribution is 5.75. The molecule has 0 saturated heterocycles. The molecule has 0 bridgehead atoms. The molecule has 0 aliphatic rings. The summed E-state index contributed by atoms with van der Waals surface area (Å²) in [7, 11) is 0. The molecule has 0 radical (unpaired) electrons. The second-order valence-electron chi connectivity index (χ2n) is 4.22. The van der Waals surface area contributed by atoms with Crippen LogP contribution in [0.25, 0.3) is 0 Å². The number of nitrogens with one attached hydrogen (secondary N) is 1. The summed E-state index contributed by atoms with van der Waals surface area (Å²) in [5.74, 6) is 0.0700. The van der Waals surface area contributed by atoms with Crippen molar-refractivity contribution >= 4 is 5.91 Å². The van der Waals surface area contributed by atoms with Crippen molar-refractivity contribution in [2.24, 2.45) is 5.73 Å². The summed E-state index contributed by atoms with van der Waals surface area (Å²) >= 11 is 0. The van der Waals surface area contributed by atoms with Crippen LogP contribution in [-0.4, -0.2) is 11.9 Å². The molecule has 1 rings (SSSR count). The number of nitrogens with two attached hydrogens (primary N) is 1. The molecule has 1 atom stereocenters. The molecular formula is C13H20N2O. The zero-order valence-corrected chi connectivity index (χ0v) is 9.99. The second kappa shape index (κ2) is 6.28. The van der Waals surface area contributed by atoms with Crippen LogP contribution in [0.15, 0.2) is 24.3 Å². The van der Waals surface area contributed by atoms with Crippen LogP contribution in [0, 0.1) is 6.92 Å². The molecule has 3 heteroatoms. The average molecular weight is 220 g/mol. The summed E-state index contributed by atoms with van der Waals surface area (Å²) in [6, 6.07) is 8.14. The zero-order chi connectivity index (χ0) is 12.0. The zero-order valence-electron chi connectivity index (χ0n) is 9.99. The third-order valence-corrected chi connectivity index (χ3v) is 2.56. The molecule has 3 nitrogen and oxygen atoms in total. The first-order valence-corrected chi connectivity index (χ1v) is 5.66. The van der Waals surface area contributed by atoms with Gasteiger partial charge in [-0.3, -0.25) is 4.79 Å².